The van der Waals surface area contributed by atoms with E-state index < -0.39 is 0 Å². The van der Waals surface area contributed by atoms with Crippen LogP contribution in [0.15, 0.2) is 24.3 Å². The van der Waals surface area contributed by atoms with Gasteiger partial charge < -0.3 is 10.2 Å². The van der Waals surface area contributed by atoms with Gasteiger partial charge >= 0.3 is 0 Å². The van der Waals surface area contributed by atoms with E-state index in [-0.39, 0.29) is 11.8 Å². The second-order valence-corrected chi connectivity index (χ2v) is 7.78. The summed E-state index contributed by atoms with van der Waals surface area (Å²) in [4.78, 5) is 36.6. The molecule has 0 fully saturated rings. The van der Waals surface area contributed by atoms with Crippen molar-refractivity contribution in [1.29, 1.82) is 0 Å². The van der Waals surface area contributed by atoms with Gasteiger partial charge in [0, 0.05) is 36.8 Å². The first-order chi connectivity index (χ1) is 13.3. The molecule has 6 nitrogen and oxygen atoms in total. The number of amides is 2. The zero-order valence-electron chi connectivity index (χ0n) is 16.8. The fourth-order valence-electron chi connectivity index (χ4n) is 3.29. The molecule has 28 heavy (non-hydrogen) atoms. The van der Waals surface area contributed by atoms with Crippen LogP contribution in [0.4, 0.5) is 5.69 Å². The Morgan fingerprint density at radius 2 is 1.93 bits per heavy atom. The molecule has 0 spiro atoms. The lowest BCUT2D eigenvalue weighted by Crippen LogP contribution is -2.27. The van der Waals surface area contributed by atoms with E-state index in [4.69, 9.17) is 0 Å². The van der Waals surface area contributed by atoms with Crippen molar-refractivity contribution in [1.82, 2.24) is 14.9 Å². The minimum absolute atomic E-state index is 0.0320. The summed E-state index contributed by atoms with van der Waals surface area (Å²) in [6, 6.07) is 7.59. The van der Waals surface area contributed by atoms with Crippen LogP contribution in [0.1, 0.15) is 46.2 Å². The second kappa shape index (κ2) is 8.06. The topological polar surface area (TPSA) is 75.2 Å². The average Bonchev–Trinajstić information content (AvgIpc) is 2.96. The summed E-state index contributed by atoms with van der Waals surface area (Å²) in [5.41, 5.74) is 3.47. The number of aryl methyl sites for hydroxylation is 3. The van der Waals surface area contributed by atoms with Crippen molar-refractivity contribution in [2.75, 3.05) is 11.9 Å². The molecule has 3 aromatic rings. The SMILES string of the molecule is CCN(Cc1cccc(NC(=O)c2sc3nc(C)nc(C)c3c2C)c1)C(C)=O. The Labute approximate surface area is 168 Å². The minimum Gasteiger partial charge on any atom is -0.339 e. The Morgan fingerprint density at radius 3 is 2.61 bits per heavy atom. The number of hydrogen-bond acceptors (Lipinski definition) is 5. The fourth-order valence-corrected chi connectivity index (χ4v) is 4.46. The number of hydrogen-bond donors (Lipinski definition) is 1. The molecular weight excluding hydrogens is 372 g/mol. The lowest BCUT2D eigenvalue weighted by Gasteiger charge is -2.19. The van der Waals surface area contributed by atoms with E-state index >= 15 is 0 Å². The van der Waals surface area contributed by atoms with Crippen LogP contribution < -0.4 is 5.32 Å². The van der Waals surface area contributed by atoms with Gasteiger partial charge in [-0.05, 0) is 51.0 Å². The Kier molecular flexibility index (Phi) is 5.74. The molecule has 1 aromatic carbocycles. The van der Waals surface area contributed by atoms with Crippen LogP contribution in [0.5, 0.6) is 0 Å². The van der Waals surface area contributed by atoms with E-state index in [1.54, 1.807) is 11.8 Å². The van der Waals surface area contributed by atoms with Gasteiger partial charge in [0.1, 0.15) is 10.7 Å². The van der Waals surface area contributed by atoms with E-state index in [0.717, 1.165) is 27.0 Å². The number of benzene rings is 1. The quantitative estimate of drug-likeness (QED) is 0.700. The number of carbonyl (C=O) groups is 2. The van der Waals surface area contributed by atoms with E-state index in [2.05, 4.69) is 15.3 Å². The molecule has 2 aromatic heterocycles. The van der Waals surface area contributed by atoms with Crippen molar-refractivity contribution in [2.24, 2.45) is 0 Å². The Hall–Kier alpha value is -2.80. The second-order valence-electron chi connectivity index (χ2n) is 6.78. The van der Waals surface area contributed by atoms with Crippen LogP contribution in [-0.4, -0.2) is 33.2 Å². The fraction of sp³-hybridized carbons (Fsp3) is 0.333. The summed E-state index contributed by atoms with van der Waals surface area (Å²) in [7, 11) is 0. The van der Waals surface area contributed by atoms with Crippen LogP contribution >= 0.6 is 11.3 Å². The Bertz CT molecular complexity index is 1060. The lowest BCUT2D eigenvalue weighted by molar-refractivity contribution is -0.129. The van der Waals surface area contributed by atoms with E-state index in [1.807, 2.05) is 52.0 Å². The van der Waals surface area contributed by atoms with Gasteiger partial charge in [-0.25, -0.2) is 9.97 Å². The molecule has 0 saturated heterocycles. The number of anilines is 1. The van der Waals surface area contributed by atoms with Crippen LogP contribution in [0.3, 0.4) is 0 Å². The van der Waals surface area contributed by atoms with Crippen molar-refractivity contribution >= 4 is 39.1 Å². The zero-order valence-corrected chi connectivity index (χ0v) is 17.6. The summed E-state index contributed by atoms with van der Waals surface area (Å²) in [5, 5.41) is 3.93. The van der Waals surface area contributed by atoms with Crippen LogP contribution in [-0.2, 0) is 11.3 Å². The van der Waals surface area contributed by atoms with E-state index in [1.165, 1.54) is 11.3 Å². The Morgan fingerprint density at radius 1 is 1.18 bits per heavy atom. The Balaban J connectivity index is 1.85. The third kappa shape index (κ3) is 4.04. The van der Waals surface area contributed by atoms with Gasteiger partial charge in [0.15, 0.2) is 0 Å². The molecule has 0 aliphatic carbocycles. The summed E-state index contributed by atoms with van der Waals surface area (Å²) in [5.74, 6) is 0.579. The van der Waals surface area contributed by atoms with Crippen molar-refractivity contribution in [3.63, 3.8) is 0 Å². The van der Waals surface area contributed by atoms with Crippen molar-refractivity contribution < 1.29 is 9.59 Å². The van der Waals surface area contributed by atoms with Gasteiger partial charge in [0.25, 0.3) is 5.91 Å². The number of carbonyl (C=O) groups excluding carboxylic acids is 2. The van der Waals surface area contributed by atoms with Crippen LogP contribution in [0.25, 0.3) is 10.2 Å². The van der Waals surface area contributed by atoms with Gasteiger partial charge in [-0.1, -0.05) is 12.1 Å². The number of aromatic nitrogens is 2. The normalized spacial score (nSPS) is 10.9. The third-order valence-electron chi connectivity index (χ3n) is 4.67. The number of nitrogens with one attached hydrogen (secondary N) is 1. The molecule has 0 aliphatic heterocycles. The highest BCUT2D eigenvalue weighted by atomic mass is 32.1. The highest BCUT2D eigenvalue weighted by molar-refractivity contribution is 7.20. The molecule has 0 aliphatic rings. The van der Waals surface area contributed by atoms with Gasteiger partial charge in [-0.2, -0.15) is 0 Å². The van der Waals surface area contributed by atoms with Gasteiger partial charge in [0.2, 0.25) is 5.91 Å². The molecule has 0 radical (unpaired) electrons. The van der Waals surface area contributed by atoms with Crippen molar-refractivity contribution in [3.8, 4) is 0 Å². The summed E-state index contributed by atoms with van der Waals surface area (Å²) >= 11 is 1.39. The molecule has 1 N–H and O–H groups in total. The highest BCUT2D eigenvalue weighted by Gasteiger charge is 2.19. The molecule has 2 heterocycles. The number of nitrogens with zero attached hydrogens (tertiary/aromatic N) is 3. The lowest BCUT2D eigenvalue weighted by atomic mass is 10.1. The molecular formula is C21H24N4O2S. The molecule has 0 bridgehead atoms. The van der Waals surface area contributed by atoms with Crippen molar-refractivity contribution in [3.05, 3.63) is 51.8 Å². The third-order valence-corrected chi connectivity index (χ3v) is 5.86. The summed E-state index contributed by atoms with van der Waals surface area (Å²) in [6.07, 6.45) is 0. The number of fused-ring (bicyclic) bond motifs is 1. The first kappa shape index (κ1) is 19.9. The molecule has 146 valence electrons. The van der Waals surface area contributed by atoms with E-state index in [0.29, 0.717) is 29.5 Å². The summed E-state index contributed by atoms with van der Waals surface area (Å²) in [6.45, 7) is 10.4. The molecule has 2 amide bonds. The molecule has 3 rings (SSSR count). The summed E-state index contributed by atoms with van der Waals surface area (Å²) < 4.78 is 0. The molecule has 7 heteroatoms. The van der Waals surface area contributed by atoms with Gasteiger partial charge in [-0.3, -0.25) is 9.59 Å². The predicted molar refractivity (Wildman–Crippen MR) is 113 cm³/mol. The molecule has 0 atom stereocenters. The predicted octanol–water partition coefficient (Wildman–Crippen LogP) is 4.24. The largest absolute Gasteiger partial charge is 0.339 e. The average molecular weight is 397 g/mol. The monoisotopic (exact) mass is 396 g/mol. The first-order valence-electron chi connectivity index (χ1n) is 9.20. The minimum atomic E-state index is -0.159. The zero-order chi connectivity index (χ0) is 20.4. The van der Waals surface area contributed by atoms with Crippen LogP contribution in [0.2, 0.25) is 0 Å². The number of rotatable bonds is 5. The molecule has 0 saturated carbocycles. The first-order valence-corrected chi connectivity index (χ1v) is 10.0. The van der Waals surface area contributed by atoms with Crippen molar-refractivity contribution in [2.45, 2.75) is 41.2 Å². The highest BCUT2D eigenvalue weighted by Crippen LogP contribution is 2.31. The van der Waals surface area contributed by atoms with E-state index in [9.17, 15) is 9.59 Å². The standard InChI is InChI=1S/C21H24N4O2S/c1-6-25(15(5)26)11-16-8-7-9-17(10-16)24-20(27)19-12(2)18-13(3)22-14(4)23-21(18)28-19/h7-10H,6,11H2,1-5H3,(H,24,27). The van der Waals surface area contributed by atoms with Gasteiger partial charge in [0.05, 0.1) is 4.88 Å². The van der Waals surface area contributed by atoms with Gasteiger partial charge in [-0.15, -0.1) is 11.3 Å². The molecule has 0 unspecified atom stereocenters. The maximum absolute atomic E-state index is 12.9. The number of thiophene rings is 1. The van der Waals surface area contributed by atoms with Crippen LogP contribution in [0, 0.1) is 20.8 Å². The maximum Gasteiger partial charge on any atom is 0.266 e. The smallest absolute Gasteiger partial charge is 0.266 e. The maximum atomic E-state index is 12.9.